The lowest BCUT2D eigenvalue weighted by Gasteiger charge is -1.99. The van der Waals surface area contributed by atoms with E-state index in [1.54, 1.807) is 0 Å². The fraction of sp³-hybridized carbons (Fsp3) is 0.250. The standard InChI is InChI=1S/C12H14N2O/c1-8(13-15)12-9(2)14(3)11-7-5-4-6-10(11)12/h4-7,15H,1-3H3/b13-8+. The molecule has 3 nitrogen and oxygen atoms in total. The van der Waals surface area contributed by atoms with E-state index in [0.717, 1.165) is 22.2 Å². The van der Waals surface area contributed by atoms with Crippen LogP contribution in [0.1, 0.15) is 18.2 Å². The van der Waals surface area contributed by atoms with Crippen molar-refractivity contribution in [3.63, 3.8) is 0 Å². The highest BCUT2D eigenvalue weighted by atomic mass is 16.4. The van der Waals surface area contributed by atoms with Crippen molar-refractivity contribution in [3.05, 3.63) is 35.5 Å². The van der Waals surface area contributed by atoms with Crippen molar-refractivity contribution >= 4 is 16.6 Å². The Bertz CT molecular complexity index is 538. The summed E-state index contributed by atoms with van der Waals surface area (Å²) in [5, 5.41) is 13.3. The summed E-state index contributed by atoms with van der Waals surface area (Å²) in [5.74, 6) is 0. The molecule has 0 amide bonds. The van der Waals surface area contributed by atoms with Gasteiger partial charge < -0.3 is 9.77 Å². The molecule has 0 aliphatic heterocycles. The average Bonchev–Trinajstić information content (AvgIpc) is 2.52. The number of benzene rings is 1. The van der Waals surface area contributed by atoms with Gasteiger partial charge in [-0.1, -0.05) is 23.4 Å². The van der Waals surface area contributed by atoms with Crippen LogP contribution in [0.15, 0.2) is 29.4 Å². The highest BCUT2D eigenvalue weighted by Crippen LogP contribution is 2.25. The van der Waals surface area contributed by atoms with E-state index in [0.29, 0.717) is 5.71 Å². The zero-order valence-corrected chi connectivity index (χ0v) is 9.15. The van der Waals surface area contributed by atoms with E-state index in [-0.39, 0.29) is 0 Å². The Hall–Kier alpha value is -1.77. The maximum atomic E-state index is 8.86. The topological polar surface area (TPSA) is 37.5 Å². The van der Waals surface area contributed by atoms with Crippen molar-refractivity contribution in [1.29, 1.82) is 0 Å². The third kappa shape index (κ3) is 1.31. The molecule has 2 rings (SSSR count). The van der Waals surface area contributed by atoms with Gasteiger partial charge in [-0.2, -0.15) is 0 Å². The van der Waals surface area contributed by atoms with Crippen LogP contribution in [0.3, 0.4) is 0 Å². The van der Waals surface area contributed by atoms with E-state index in [4.69, 9.17) is 5.21 Å². The molecule has 3 heteroatoms. The number of hydrogen-bond acceptors (Lipinski definition) is 2. The first-order valence-electron chi connectivity index (χ1n) is 4.90. The van der Waals surface area contributed by atoms with E-state index in [9.17, 15) is 0 Å². The van der Waals surface area contributed by atoms with Crippen LogP contribution in [0.25, 0.3) is 10.9 Å². The van der Waals surface area contributed by atoms with Gasteiger partial charge in [0.25, 0.3) is 0 Å². The molecular weight excluding hydrogens is 188 g/mol. The lowest BCUT2D eigenvalue weighted by atomic mass is 10.1. The van der Waals surface area contributed by atoms with Gasteiger partial charge in [0.1, 0.15) is 0 Å². The molecule has 1 heterocycles. The number of aryl methyl sites for hydroxylation is 1. The summed E-state index contributed by atoms with van der Waals surface area (Å²) in [7, 11) is 2.02. The Morgan fingerprint density at radius 1 is 1.33 bits per heavy atom. The van der Waals surface area contributed by atoms with Gasteiger partial charge in [0.2, 0.25) is 0 Å². The van der Waals surface area contributed by atoms with Crippen LogP contribution in [-0.2, 0) is 7.05 Å². The third-order valence-corrected chi connectivity index (χ3v) is 2.91. The molecule has 0 spiro atoms. The smallest absolute Gasteiger partial charge is 0.0861 e. The molecule has 0 fully saturated rings. The molecule has 78 valence electrons. The molecule has 0 radical (unpaired) electrons. The number of hydrogen-bond donors (Lipinski definition) is 1. The van der Waals surface area contributed by atoms with Gasteiger partial charge in [0.05, 0.1) is 5.71 Å². The molecule has 0 aliphatic rings. The Balaban J connectivity index is 2.90. The normalized spacial score (nSPS) is 12.3. The number of fused-ring (bicyclic) bond motifs is 1. The molecule has 0 atom stereocenters. The number of aromatic nitrogens is 1. The van der Waals surface area contributed by atoms with Crippen LogP contribution in [0.2, 0.25) is 0 Å². The molecule has 0 saturated carbocycles. The summed E-state index contributed by atoms with van der Waals surface area (Å²) >= 11 is 0. The summed E-state index contributed by atoms with van der Waals surface area (Å²) in [6.45, 7) is 3.85. The third-order valence-electron chi connectivity index (χ3n) is 2.91. The molecule has 0 bridgehead atoms. The summed E-state index contributed by atoms with van der Waals surface area (Å²) < 4.78 is 2.11. The van der Waals surface area contributed by atoms with E-state index >= 15 is 0 Å². The van der Waals surface area contributed by atoms with E-state index in [1.807, 2.05) is 39.1 Å². The Labute approximate surface area is 88.6 Å². The molecule has 1 aromatic heterocycles. The van der Waals surface area contributed by atoms with Crippen molar-refractivity contribution < 1.29 is 5.21 Å². The lowest BCUT2D eigenvalue weighted by Crippen LogP contribution is -1.98. The van der Waals surface area contributed by atoms with E-state index < -0.39 is 0 Å². The highest BCUT2D eigenvalue weighted by Gasteiger charge is 2.13. The zero-order chi connectivity index (χ0) is 11.0. The Morgan fingerprint density at radius 2 is 2.00 bits per heavy atom. The number of oxime groups is 1. The summed E-state index contributed by atoms with van der Waals surface area (Å²) in [6, 6.07) is 8.12. The Morgan fingerprint density at radius 3 is 2.67 bits per heavy atom. The molecule has 0 unspecified atom stereocenters. The second-order valence-corrected chi connectivity index (χ2v) is 3.72. The molecule has 2 aromatic rings. The second-order valence-electron chi connectivity index (χ2n) is 3.72. The number of rotatable bonds is 1. The van der Waals surface area contributed by atoms with Gasteiger partial charge >= 0.3 is 0 Å². The molecule has 15 heavy (non-hydrogen) atoms. The van der Waals surface area contributed by atoms with Crippen LogP contribution >= 0.6 is 0 Å². The molecular formula is C12H14N2O. The average molecular weight is 202 g/mol. The van der Waals surface area contributed by atoms with Crippen LogP contribution in [-0.4, -0.2) is 15.5 Å². The minimum absolute atomic E-state index is 0.657. The van der Waals surface area contributed by atoms with E-state index in [2.05, 4.69) is 15.8 Å². The summed E-state index contributed by atoms with van der Waals surface area (Å²) in [6.07, 6.45) is 0. The number of para-hydroxylation sites is 1. The van der Waals surface area contributed by atoms with Crippen LogP contribution in [0.5, 0.6) is 0 Å². The van der Waals surface area contributed by atoms with Crippen molar-refractivity contribution in [2.75, 3.05) is 0 Å². The lowest BCUT2D eigenvalue weighted by molar-refractivity contribution is 0.319. The zero-order valence-electron chi connectivity index (χ0n) is 9.15. The maximum absolute atomic E-state index is 8.86. The first-order chi connectivity index (χ1) is 7.16. The second kappa shape index (κ2) is 3.42. The predicted molar refractivity (Wildman–Crippen MR) is 61.7 cm³/mol. The van der Waals surface area contributed by atoms with Gasteiger partial charge in [-0.3, -0.25) is 0 Å². The maximum Gasteiger partial charge on any atom is 0.0861 e. The van der Waals surface area contributed by atoms with Gasteiger partial charge in [-0.15, -0.1) is 0 Å². The van der Waals surface area contributed by atoms with Gasteiger partial charge in [-0.25, -0.2) is 0 Å². The van der Waals surface area contributed by atoms with Crippen LogP contribution < -0.4 is 0 Å². The Kier molecular flexibility index (Phi) is 2.23. The first-order valence-corrected chi connectivity index (χ1v) is 4.90. The molecule has 0 aliphatic carbocycles. The van der Waals surface area contributed by atoms with Crippen LogP contribution in [0.4, 0.5) is 0 Å². The van der Waals surface area contributed by atoms with Crippen molar-refractivity contribution in [3.8, 4) is 0 Å². The predicted octanol–water partition coefficient (Wildman–Crippen LogP) is 2.68. The summed E-state index contributed by atoms with van der Waals surface area (Å²) in [5.41, 5.74) is 3.96. The van der Waals surface area contributed by atoms with Crippen molar-refractivity contribution in [2.45, 2.75) is 13.8 Å². The van der Waals surface area contributed by atoms with Crippen molar-refractivity contribution in [1.82, 2.24) is 4.57 Å². The largest absolute Gasteiger partial charge is 0.411 e. The van der Waals surface area contributed by atoms with Crippen LogP contribution in [0, 0.1) is 6.92 Å². The fourth-order valence-corrected chi connectivity index (χ4v) is 2.03. The van der Waals surface area contributed by atoms with Gasteiger partial charge in [0.15, 0.2) is 0 Å². The summed E-state index contributed by atoms with van der Waals surface area (Å²) in [4.78, 5) is 0. The van der Waals surface area contributed by atoms with Gasteiger partial charge in [-0.05, 0) is 19.9 Å². The molecule has 1 N–H and O–H groups in total. The van der Waals surface area contributed by atoms with Crippen molar-refractivity contribution in [2.24, 2.45) is 12.2 Å². The minimum Gasteiger partial charge on any atom is -0.411 e. The molecule has 1 aromatic carbocycles. The first kappa shape index (κ1) is 9.77. The molecule has 0 saturated heterocycles. The van der Waals surface area contributed by atoms with E-state index in [1.165, 1.54) is 0 Å². The quantitative estimate of drug-likeness (QED) is 0.431. The fourth-order valence-electron chi connectivity index (χ4n) is 2.03. The highest BCUT2D eigenvalue weighted by molar-refractivity contribution is 6.10. The minimum atomic E-state index is 0.657. The monoisotopic (exact) mass is 202 g/mol. The SMILES string of the molecule is C/C(=N\O)c1c(C)n(C)c2ccccc12. The van der Waals surface area contributed by atoms with Gasteiger partial charge in [0, 0.05) is 29.2 Å². The number of nitrogens with zero attached hydrogens (tertiary/aromatic N) is 2.